The molecule has 0 aromatic carbocycles. The van der Waals surface area contributed by atoms with E-state index in [9.17, 15) is 39.8 Å². The zero-order chi connectivity index (χ0) is 39.9. The molecule has 1 aliphatic carbocycles. The predicted octanol–water partition coefficient (Wildman–Crippen LogP) is 7.75. The van der Waals surface area contributed by atoms with Gasteiger partial charge in [0.2, 0.25) is 0 Å². The molecule has 1 rings (SSSR count). The summed E-state index contributed by atoms with van der Waals surface area (Å²) < 4.78 is 34.1. The minimum Gasteiger partial charge on any atom is -0.457 e. The summed E-state index contributed by atoms with van der Waals surface area (Å²) in [7, 11) is -5.01. The maximum absolute atomic E-state index is 12.8. The third kappa shape index (κ3) is 25.1. The molecule has 318 valence electrons. The molecule has 1 fully saturated rings. The van der Waals surface area contributed by atoms with Gasteiger partial charge in [-0.15, -0.1) is 0 Å². The number of unbranched alkanes of at least 4 members (excludes halogenated alkanes) is 19. The quantitative estimate of drug-likeness (QED) is 0.0159. The Hall–Kier alpha value is -1.18. The third-order valence-corrected chi connectivity index (χ3v) is 10.8. The van der Waals surface area contributed by atoms with Crippen molar-refractivity contribution in [1.82, 2.24) is 0 Å². The second kappa shape index (κ2) is 32.9. The Labute approximate surface area is 326 Å². The first kappa shape index (κ1) is 50.8. The van der Waals surface area contributed by atoms with Crippen LogP contribution >= 0.6 is 7.82 Å². The summed E-state index contributed by atoms with van der Waals surface area (Å²) in [5.41, 5.74) is 0. The van der Waals surface area contributed by atoms with Crippen LogP contribution < -0.4 is 0 Å². The van der Waals surface area contributed by atoms with Crippen LogP contribution in [0.4, 0.5) is 0 Å². The minimum atomic E-state index is -5.01. The SMILES string of the molecule is CCC/C=C\C/C=C\CCCCCCCCOCC(COP(=O)(O)OC1C(O)C(O)C(O)C(O)C1O)OC(=O)CCCCCCCCCCCCCCC. The lowest BCUT2D eigenvalue weighted by Crippen LogP contribution is -2.64. The first-order chi connectivity index (χ1) is 26.0. The highest BCUT2D eigenvalue weighted by Crippen LogP contribution is 2.47. The van der Waals surface area contributed by atoms with E-state index in [4.69, 9.17) is 18.5 Å². The van der Waals surface area contributed by atoms with Gasteiger partial charge >= 0.3 is 13.8 Å². The highest BCUT2D eigenvalue weighted by Gasteiger charge is 2.51. The molecule has 1 saturated carbocycles. The van der Waals surface area contributed by atoms with Gasteiger partial charge in [-0.05, 0) is 38.5 Å². The van der Waals surface area contributed by atoms with E-state index < -0.39 is 63.1 Å². The van der Waals surface area contributed by atoms with E-state index in [1.165, 1.54) is 70.6 Å². The van der Waals surface area contributed by atoms with Crippen molar-refractivity contribution in [2.75, 3.05) is 19.8 Å². The van der Waals surface area contributed by atoms with E-state index in [-0.39, 0.29) is 13.0 Å². The first-order valence-electron chi connectivity index (χ1n) is 21.2. The maximum atomic E-state index is 12.8. The van der Waals surface area contributed by atoms with Gasteiger partial charge in [-0.2, -0.15) is 0 Å². The Morgan fingerprint density at radius 1 is 0.593 bits per heavy atom. The van der Waals surface area contributed by atoms with Gasteiger partial charge in [0.1, 0.15) is 42.7 Å². The van der Waals surface area contributed by atoms with Crippen molar-refractivity contribution in [1.29, 1.82) is 0 Å². The number of rotatable bonds is 35. The largest absolute Gasteiger partial charge is 0.472 e. The number of allylic oxidation sites excluding steroid dienone is 4. The van der Waals surface area contributed by atoms with Crippen molar-refractivity contribution < 1.29 is 58.3 Å². The smallest absolute Gasteiger partial charge is 0.457 e. The molecule has 0 aliphatic heterocycles. The van der Waals surface area contributed by atoms with Crippen LogP contribution in [-0.2, 0) is 27.9 Å². The maximum Gasteiger partial charge on any atom is 0.472 e. The lowest BCUT2D eigenvalue weighted by molar-refractivity contribution is -0.220. The standard InChI is InChI=1S/C41H77O12P/c1-3-5-7-9-11-13-15-17-19-21-23-25-27-29-31-50-32-34(33-51-54(48,49)53-41-39(46)37(44)36(43)38(45)40(41)47)52-35(42)30-28-26-24-22-20-18-16-14-12-10-8-6-4-2/h7,9,13,15,34,36-41,43-47H,3-6,8,10-12,14,16-33H2,1-2H3,(H,48,49)/b9-7-,15-13-. The first-order valence-corrected chi connectivity index (χ1v) is 22.7. The second-order valence-corrected chi connectivity index (χ2v) is 16.3. The molecule has 1 aliphatic rings. The summed E-state index contributed by atoms with van der Waals surface area (Å²) in [5, 5.41) is 50.0. The van der Waals surface area contributed by atoms with Crippen LogP contribution in [0, 0.1) is 0 Å². The van der Waals surface area contributed by atoms with E-state index in [1.807, 2.05) is 0 Å². The second-order valence-electron chi connectivity index (χ2n) is 14.8. The lowest BCUT2D eigenvalue weighted by Gasteiger charge is -2.41. The van der Waals surface area contributed by atoms with Crippen molar-refractivity contribution >= 4 is 13.8 Å². The molecular weight excluding hydrogens is 715 g/mol. The molecule has 6 atom stereocenters. The molecule has 12 nitrogen and oxygen atoms in total. The van der Waals surface area contributed by atoms with E-state index in [0.717, 1.165) is 70.6 Å². The molecule has 0 heterocycles. The Morgan fingerprint density at radius 2 is 1.07 bits per heavy atom. The highest BCUT2D eigenvalue weighted by atomic mass is 31.2. The number of phosphoric ester groups is 1. The van der Waals surface area contributed by atoms with Crippen LogP contribution in [0.1, 0.15) is 168 Å². The van der Waals surface area contributed by atoms with Crippen LogP contribution in [-0.4, -0.2) is 98.9 Å². The third-order valence-electron chi connectivity index (χ3n) is 9.81. The highest BCUT2D eigenvalue weighted by molar-refractivity contribution is 7.47. The summed E-state index contributed by atoms with van der Waals surface area (Å²) in [4.78, 5) is 23.1. The van der Waals surface area contributed by atoms with Crippen LogP contribution in [0.15, 0.2) is 24.3 Å². The van der Waals surface area contributed by atoms with Crippen LogP contribution in [0.3, 0.4) is 0 Å². The number of hydrogen-bond acceptors (Lipinski definition) is 11. The zero-order valence-corrected chi connectivity index (χ0v) is 34.4. The normalized spacial score (nSPS) is 23.6. The molecule has 6 N–H and O–H groups in total. The van der Waals surface area contributed by atoms with Gasteiger partial charge in [0.25, 0.3) is 0 Å². The van der Waals surface area contributed by atoms with Crippen molar-refractivity contribution in [2.24, 2.45) is 0 Å². The zero-order valence-electron chi connectivity index (χ0n) is 33.5. The lowest BCUT2D eigenvalue weighted by atomic mass is 9.85. The summed E-state index contributed by atoms with van der Waals surface area (Å²) in [6, 6.07) is 0. The number of aliphatic hydroxyl groups is 5. The van der Waals surface area contributed by atoms with Gasteiger partial charge in [-0.1, -0.05) is 147 Å². The summed E-state index contributed by atoms with van der Waals surface area (Å²) in [5.74, 6) is -0.481. The summed E-state index contributed by atoms with van der Waals surface area (Å²) >= 11 is 0. The minimum absolute atomic E-state index is 0.0807. The Kier molecular flexibility index (Phi) is 30.9. The van der Waals surface area contributed by atoms with Gasteiger partial charge < -0.3 is 39.9 Å². The van der Waals surface area contributed by atoms with E-state index in [0.29, 0.717) is 13.0 Å². The molecule has 54 heavy (non-hydrogen) atoms. The fourth-order valence-corrected chi connectivity index (χ4v) is 7.37. The molecule has 0 spiro atoms. The molecule has 0 amide bonds. The number of carbonyl (C=O) groups excluding carboxylic acids is 1. The van der Waals surface area contributed by atoms with Crippen molar-refractivity contribution in [3.63, 3.8) is 0 Å². The molecule has 0 aromatic rings. The fraction of sp³-hybridized carbons (Fsp3) is 0.878. The number of phosphoric acid groups is 1. The fourth-order valence-electron chi connectivity index (χ4n) is 6.39. The molecule has 0 aromatic heterocycles. The van der Waals surface area contributed by atoms with Gasteiger partial charge in [0.15, 0.2) is 0 Å². The number of ether oxygens (including phenoxy) is 2. The van der Waals surface area contributed by atoms with Crippen molar-refractivity contribution in [3.05, 3.63) is 24.3 Å². The monoisotopic (exact) mass is 793 g/mol. The number of carbonyl (C=O) groups is 1. The van der Waals surface area contributed by atoms with E-state index in [1.54, 1.807) is 0 Å². The summed E-state index contributed by atoms with van der Waals surface area (Å²) in [6.45, 7) is 4.16. The van der Waals surface area contributed by atoms with Crippen LogP contribution in [0.25, 0.3) is 0 Å². The van der Waals surface area contributed by atoms with Crippen LogP contribution in [0.2, 0.25) is 0 Å². The molecule has 6 unspecified atom stereocenters. The molecular formula is C41H77O12P. The Morgan fingerprint density at radius 3 is 1.63 bits per heavy atom. The van der Waals surface area contributed by atoms with Gasteiger partial charge in [-0.25, -0.2) is 4.57 Å². The van der Waals surface area contributed by atoms with Gasteiger partial charge in [0, 0.05) is 13.0 Å². The number of hydrogen-bond donors (Lipinski definition) is 6. The van der Waals surface area contributed by atoms with Crippen molar-refractivity contribution in [3.8, 4) is 0 Å². The average Bonchev–Trinajstić information content (AvgIpc) is 3.15. The molecule has 0 saturated heterocycles. The van der Waals surface area contributed by atoms with E-state index >= 15 is 0 Å². The van der Waals surface area contributed by atoms with E-state index in [2.05, 4.69) is 38.2 Å². The number of aliphatic hydroxyl groups excluding tert-OH is 5. The number of esters is 1. The predicted molar refractivity (Wildman–Crippen MR) is 212 cm³/mol. The Bertz CT molecular complexity index is 995. The molecule has 13 heteroatoms. The topological polar surface area (TPSA) is 192 Å². The van der Waals surface area contributed by atoms with Gasteiger partial charge in [-0.3, -0.25) is 13.8 Å². The molecule has 0 bridgehead atoms. The summed E-state index contributed by atoms with van der Waals surface area (Å²) in [6.07, 6.45) is 22.5. The van der Waals surface area contributed by atoms with Crippen molar-refractivity contribution in [2.45, 2.75) is 211 Å². The molecule has 0 radical (unpaired) electrons. The van der Waals surface area contributed by atoms with Crippen LogP contribution in [0.5, 0.6) is 0 Å². The Balaban J connectivity index is 2.44. The van der Waals surface area contributed by atoms with Gasteiger partial charge in [0.05, 0.1) is 13.2 Å². The average molecular weight is 793 g/mol.